The summed E-state index contributed by atoms with van der Waals surface area (Å²) in [6, 6.07) is 8.44. The van der Waals surface area contributed by atoms with E-state index in [4.69, 9.17) is 4.74 Å². The number of aromatic nitrogens is 1. The Morgan fingerprint density at radius 3 is 2.43 bits per heavy atom. The van der Waals surface area contributed by atoms with E-state index >= 15 is 0 Å². The van der Waals surface area contributed by atoms with Gasteiger partial charge in [-0.2, -0.15) is 0 Å². The van der Waals surface area contributed by atoms with Gasteiger partial charge in [0.15, 0.2) is 0 Å². The lowest BCUT2D eigenvalue weighted by Crippen LogP contribution is -2.19. The Bertz CT molecular complexity index is 616. The summed E-state index contributed by atoms with van der Waals surface area (Å²) in [5.74, 6) is -0.338. The minimum atomic E-state index is -4.84. The zero-order chi connectivity index (χ0) is 15.5. The summed E-state index contributed by atoms with van der Waals surface area (Å²) in [4.78, 5) is 3.90. The first-order valence-electron chi connectivity index (χ1n) is 5.94. The van der Waals surface area contributed by atoms with Crippen molar-refractivity contribution in [1.82, 2.24) is 4.98 Å². The van der Waals surface area contributed by atoms with E-state index in [9.17, 15) is 18.3 Å². The van der Waals surface area contributed by atoms with Gasteiger partial charge < -0.3 is 14.6 Å². The highest BCUT2D eigenvalue weighted by Gasteiger charge is 2.33. The Balaban J connectivity index is 2.42. The van der Waals surface area contributed by atoms with Crippen LogP contribution in [0.25, 0.3) is 0 Å². The molecule has 0 spiro atoms. The van der Waals surface area contributed by atoms with Crippen LogP contribution < -0.4 is 9.47 Å². The zero-order valence-corrected chi connectivity index (χ0v) is 11.0. The van der Waals surface area contributed by atoms with Gasteiger partial charge >= 0.3 is 6.36 Å². The standard InChI is InChI=1S/C14H12F3NO3/c1-20-13-10(6-4-8-18-13)12(19)9-5-2-3-7-11(9)21-14(15,16)17/h2-8,12,19H,1H3. The van der Waals surface area contributed by atoms with Gasteiger partial charge in [-0.3, -0.25) is 0 Å². The third kappa shape index (κ3) is 3.63. The Morgan fingerprint density at radius 2 is 1.76 bits per heavy atom. The lowest BCUT2D eigenvalue weighted by molar-refractivity contribution is -0.275. The van der Waals surface area contributed by atoms with E-state index in [0.717, 1.165) is 6.07 Å². The molecule has 1 heterocycles. The van der Waals surface area contributed by atoms with Gasteiger partial charge in [0, 0.05) is 17.3 Å². The van der Waals surface area contributed by atoms with Gasteiger partial charge in [0.2, 0.25) is 5.88 Å². The molecule has 0 aliphatic rings. The van der Waals surface area contributed by atoms with Crippen molar-refractivity contribution in [3.8, 4) is 11.6 Å². The minimum Gasteiger partial charge on any atom is -0.481 e. The monoisotopic (exact) mass is 299 g/mol. The lowest BCUT2D eigenvalue weighted by Gasteiger charge is -2.18. The van der Waals surface area contributed by atoms with Crippen molar-refractivity contribution in [3.05, 3.63) is 53.7 Å². The smallest absolute Gasteiger partial charge is 0.481 e. The van der Waals surface area contributed by atoms with Crippen LogP contribution in [0.3, 0.4) is 0 Å². The van der Waals surface area contributed by atoms with Crippen molar-refractivity contribution in [2.45, 2.75) is 12.5 Å². The van der Waals surface area contributed by atoms with Crippen molar-refractivity contribution in [2.24, 2.45) is 0 Å². The molecule has 2 aromatic rings. The van der Waals surface area contributed by atoms with E-state index in [2.05, 4.69) is 9.72 Å². The van der Waals surface area contributed by atoms with E-state index in [1.807, 2.05) is 0 Å². The van der Waals surface area contributed by atoms with Crippen molar-refractivity contribution in [1.29, 1.82) is 0 Å². The lowest BCUT2D eigenvalue weighted by atomic mass is 10.0. The molecule has 0 saturated carbocycles. The summed E-state index contributed by atoms with van der Waals surface area (Å²) in [5, 5.41) is 10.3. The number of benzene rings is 1. The van der Waals surface area contributed by atoms with Crippen LogP contribution in [0.1, 0.15) is 17.2 Å². The number of halogens is 3. The van der Waals surface area contributed by atoms with Gasteiger partial charge in [0.25, 0.3) is 0 Å². The van der Waals surface area contributed by atoms with Crippen molar-refractivity contribution >= 4 is 0 Å². The van der Waals surface area contributed by atoms with E-state index in [1.54, 1.807) is 6.07 Å². The highest BCUT2D eigenvalue weighted by molar-refractivity contribution is 5.42. The molecule has 2 rings (SSSR count). The van der Waals surface area contributed by atoms with Crippen molar-refractivity contribution in [2.75, 3.05) is 7.11 Å². The largest absolute Gasteiger partial charge is 0.573 e. The molecular formula is C14H12F3NO3. The molecule has 1 unspecified atom stereocenters. The van der Waals surface area contributed by atoms with Crippen molar-refractivity contribution < 1.29 is 27.8 Å². The van der Waals surface area contributed by atoms with Crippen molar-refractivity contribution in [3.63, 3.8) is 0 Å². The van der Waals surface area contributed by atoms with Gasteiger partial charge in [-0.25, -0.2) is 4.98 Å². The maximum atomic E-state index is 12.4. The first-order valence-corrected chi connectivity index (χ1v) is 5.94. The maximum absolute atomic E-state index is 12.4. The molecule has 0 fully saturated rings. The fourth-order valence-corrected chi connectivity index (χ4v) is 1.87. The first kappa shape index (κ1) is 15.1. The Labute approximate surface area is 118 Å². The van der Waals surface area contributed by atoms with Gasteiger partial charge in [-0.05, 0) is 18.2 Å². The fourth-order valence-electron chi connectivity index (χ4n) is 1.87. The molecule has 1 aromatic carbocycles. The first-order chi connectivity index (χ1) is 9.92. The number of ether oxygens (including phenoxy) is 2. The number of methoxy groups -OCH3 is 1. The Morgan fingerprint density at radius 1 is 1.10 bits per heavy atom. The Kier molecular flexibility index (Phi) is 4.32. The second-order valence-electron chi connectivity index (χ2n) is 4.09. The topological polar surface area (TPSA) is 51.6 Å². The molecule has 21 heavy (non-hydrogen) atoms. The molecule has 0 saturated heterocycles. The maximum Gasteiger partial charge on any atom is 0.573 e. The highest BCUT2D eigenvalue weighted by Crippen LogP contribution is 2.35. The SMILES string of the molecule is COc1ncccc1C(O)c1ccccc1OC(F)(F)F. The number of hydrogen-bond donors (Lipinski definition) is 1. The fraction of sp³-hybridized carbons (Fsp3) is 0.214. The van der Waals surface area contributed by atoms with Crippen LogP contribution >= 0.6 is 0 Å². The average Bonchev–Trinajstić information content (AvgIpc) is 2.45. The summed E-state index contributed by atoms with van der Waals surface area (Å²) in [7, 11) is 1.36. The summed E-state index contributed by atoms with van der Waals surface area (Å²) in [6.45, 7) is 0. The number of nitrogens with zero attached hydrogens (tertiary/aromatic N) is 1. The van der Waals surface area contributed by atoms with E-state index in [1.165, 1.54) is 37.6 Å². The summed E-state index contributed by atoms with van der Waals surface area (Å²) in [5.41, 5.74) is 0.222. The molecule has 4 nitrogen and oxygen atoms in total. The van der Waals surface area contributed by atoms with Crippen LogP contribution in [0.4, 0.5) is 13.2 Å². The number of aliphatic hydroxyl groups is 1. The minimum absolute atomic E-state index is 0.0267. The molecule has 0 aliphatic heterocycles. The quantitative estimate of drug-likeness (QED) is 0.942. The normalized spacial score (nSPS) is 12.8. The van der Waals surface area contributed by atoms with Crippen LogP contribution in [-0.4, -0.2) is 23.6 Å². The second kappa shape index (κ2) is 6.01. The number of rotatable bonds is 4. The summed E-state index contributed by atoms with van der Waals surface area (Å²) >= 11 is 0. The number of pyridine rings is 1. The average molecular weight is 299 g/mol. The molecule has 0 amide bonds. The van der Waals surface area contributed by atoms with Crippen LogP contribution in [0.15, 0.2) is 42.6 Å². The van der Waals surface area contributed by atoms with E-state index in [-0.39, 0.29) is 17.0 Å². The molecule has 1 aromatic heterocycles. The number of para-hydroxylation sites is 1. The van der Waals surface area contributed by atoms with Crippen LogP contribution in [0, 0.1) is 0 Å². The summed E-state index contributed by atoms with van der Waals surface area (Å²) < 4.78 is 46.1. The zero-order valence-electron chi connectivity index (χ0n) is 11.0. The van der Waals surface area contributed by atoms with E-state index in [0.29, 0.717) is 0 Å². The summed E-state index contributed by atoms with van der Waals surface area (Å²) in [6.07, 6.45) is -4.74. The molecule has 1 N–H and O–H groups in total. The highest BCUT2D eigenvalue weighted by atomic mass is 19.4. The molecule has 0 radical (unpaired) electrons. The molecule has 1 atom stereocenters. The second-order valence-corrected chi connectivity index (χ2v) is 4.09. The van der Waals surface area contributed by atoms with Crippen LogP contribution in [0.2, 0.25) is 0 Å². The van der Waals surface area contributed by atoms with Gasteiger partial charge in [-0.1, -0.05) is 18.2 Å². The number of alkyl halides is 3. The molecule has 0 bridgehead atoms. The van der Waals surface area contributed by atoms with Gasteiger partial charge in [0.1, 0.15) is 11.9 Å². The van der Waals surface area contributed by atoms with Gasteiger partial charge in [0.05, 0.1) is 7.11 Å². The third-order valence-corrected chi connectivity index (χ3v) is 2.73. The molecule has 112 valence electrons. The predicted octanol–water partition coefficient (Wildman–Crippen LogP) is 3.07. The molecular weight excluding hydrogens is 287 g/mol. The predicted molar refractivity (Wildman–Crippen MR) is 68.0 cm³/mol. The Hall–Kier alpha value is -2.28. The van der Waals surface area contributed by atoms with E-state index < -0.39 is 18.2 Å². The third-order valence-electron chi connectivity index (χ3n) is 2.73. The number of hydrogen-bond acceptors (Lipinski definition) is 4. The van der Waals surface area contributed by atoms with Crippen LogP contribution in [0.5, 0.6) is 11.6 Å². The number of aliphatic hydroxyl groups excluding tert-OH is 1. The van der Waals surface area contributed by atoms with Gasteiger partial charge in [-0.15, -0.1) is 13.2 Å². The van der Waals surface area contributed by atoms with Crippen LogP contribution in [-0.2, 0) is 0 Å². The molecule has 7 heteroatoms. The molecule has 0 aliphatic carbocycles.